The number of rotatable bonds is 4. The molecule has 2 aliphatic rings. The zero-order chi connectivity index (χ0) is 29.1. The second-order valence-electron chi connectivity index (χ2n) is 10.5. The van der Waals surface area contributed by atoms with E-state index >= 15 is 4.39 Å². The minimum atomic E-state index is -5.19. The third kappa shape index (κ3) is 5.32. The first-order chi connectivity index (χ1) is 18.0. The first-order valence-electron chi connectivity index (χ1n) is 12.2. The molecule has 39 heavy (non-hydrogen) atoms. The van der Waals surface area contributed by atoms with Crippen LogP contribution in [-0.4, -0.2) is 25.3 Å². The maximum absolute atomic E-state index is 15.3. The number of fused-ring (bicyclic) bond motifs is 2. The third-order valence-corrected chi connectivity index (χ3v) is 6.78. The van der Waals surface area contributed by atoms with Crippen molar-refractivity contribution in [2.24, 2.45) is 0 Å². The minimum absolute atomic E-state index is 0.122. The van der Waals surface area contributed by atoms with Crippen molar-refractivity contribution in [3.05, 3.63) is 50.8 Å². The van der Waals surface area contributed by atoms with E-state index in [1.807, 2.05) is 0 Å². The number of esters is 1. The van der Waals surface area contributed by atoms with Gasteiger partial charge in [-0.2, -0.15) is 26.3 Å². The van der Waals surface area contributed by atoms with Gasteiger partial charge in [-0.1, -0.05) is 0 Å². The van der Waals surface area contributed by atoms with Crippen LogP contribution in [0.2, 0.25) is 0 Å². The summed E-state index contributed by atoms with van der Waals surface area (Å²) in [6.07, 6.45) is -11.9. The SMILES string of the molecule is COC(=O)[C@@H](OC(C)(C)C)c1c(-c2cc(F)c3c(c2C)CCCO3)c(C(F)(F)F)c2c(c1C(F)(F)F)CNC2. The van der Waals surface area contributed by atoms with Crippen LogP contribution in [-0.2, 0) is 46.1 Å². The quantitative estimate of drug-likeness (QED) is 0.328. The molecule has 0 fully saturated rings. The molecule has 0 aliphatic carbocycles. The number of carbonyl (C=O) groups is 1. The molecule has 4 rings (SSSR count). The lowest BCUT2D eigenvalue weighted by molar-refractivity contribution is -0.166. The van der Waals surface area contributed by atoms with Crippen molar-refractivity contribution in [2.45, 2.75) is 77.7 Å². The molecule has 12 heteroatoms. The fraction of sp³-hybridized carbons (Fsp3) is 0.519. The Morgan fingerprint density at radius 1 is 1.00 bits per heavy atom. The Morgan fingerprint density at radius 3 is 2.13 bits per heavy atom. The standard InChI is InChI=1S/C27H28F7NO4/c1-12-13-7-6-8-38-22(13)17(28)9-14(12)18-19(23(24(36)37-5)39-25(2,3)4)21(27(32,33)34)16-11-35-10-15(16)20(18)26(29,30)31/h9,23,35H,6-8,10-11H2,1-5H3/t23-/m0/s1. The molecule has 0 aromatic heterocycles. The summed E-state index contributed by atoms with van der Waals surface area (Å²) in [5.41, 5.74) is -7.40. The largest absolute Gasteiger partial charge is 0.490 e. The number of hydrogen-bond acceptors (Lipinski definition) is 5. The lowest BCUT2D eigenvalue weighted by Gasteiger charge is -2.33. The molecule has 0 saturated carbocycles. The number of ether oxygens (including phenoxy) is 3. The van der Waals surface area contributed by atoms with Gasteiger partial charge < -0.3 is 19.5 Å². The van der Waals surface area contributed by atoms with Crippen molar-refractivity contribution in [1.29, 1.82) is 0 Å². The van der Waals surface area contributed by atoms with Crippen LogP contribution in [0.3, 0.4) is 0 Å². The number of benzene rings is 2. The van der Waals surface area contributed by atoms with Gasteiger partial charge in [0.05, 0.1) is 30.4 Å². The van der Waals surface area contributed by atoms with Gasteiger partial charge in [0.15, 0.2) is 17.7 Å². The van der Waals surface area contributed by atoms with E-state index in [1.54, 1.807) is 0 Å². The predicted octanol–water partition coefficient (Wildman–Crippen LogP) is 6.80. The fourth-order valence-corrected chi connectivity index (χ4v) is 5.36. The lowest BCUT2D eigenvalue weighted by Crippen LogP contribution is -2.32. The first-order valence-corrected chi connectivity index (χ1v) is 12.2. The van der Waals surface area contributed by atoms with E-state index in [2.05, 4.69) is 5.32 Å². The smallest absolute Gasteiger partial charge is 0.417 e. The van der Waals surface area contributed by atoms with Crippen LogP contribution in [0.15, 0.2) is 6.07 Å². The summed E-state index contributed by atoms with van der Waals surface area (Å²) in [6.45, 7) is 4.90. The van der Waals surface area contributed by atoms with Crippen LogP contribution < -0.4 is 10.1 Å². The summed E-state index contributed by atoms with van der Waals surface area (Å²) >= 11 is 0. The number of hydrogen-bond donors (Lipinski definition) is 1. The van der Waals surface area contributed by atoms with Crippen LogP contribution in [0, 0.1) is 12.7 Å². The van der Waals surface area contributed by atoms with Crippen LogP contribution >= 0.6 is 0 Å². The summed E-state index contributed by atoms with van der Waals surface area (Å²) in [5, 5.41) is 2.57. The van der Waals surface area contributed by atoms with E-state index in [9.17, 15) is 31.1 Å². The van der Waals surface area contributed by atoms with E-state index in [-0.39, 0.29) is 29.9 Å². The minimum Gasteiger partial charge on any atom is -0.490 e. The summed E-state index contributed by atoms with van der Waals surface area (Å²) < 4.78 is 120. The molecule has 2 aromatic rings. The monoisotopic (exact) mass is 563 g/mol. The Labute approximate surface area is 220 Å². The number of alkyl halides is 6. The van der Waals surface area contributed by atoms with Crippen molar-refractivity contribution in [1.82, 2.24) is 5.32 Å². The third-order valence-electron chi connectivity index (χ3n) is 6.78. The molecule has 5 nitrogen and oxygen atoms in total. The van der Waals surface area contributed by atoms with Gasteiger partial charge in [0.1, 0.15) is 0 Å². The molecule has 2 heterocycles. The van der Waals surface area contributed by atoms with E-state index in [0.717, 1.165) is 13.2 Å². The highest BCUT2D eigenvalue weighted by atomic mass is 19.4. The number of halogens is 7. The zero-order valence-corrected chi connectivity index (χ0v) is 22.0. The van der Waals surface area contributed by atoms with E-state index in [1.165, 1.54) is 27.7 Å². The highest BCUT2D eigenvalue weighted by molar-refractivity contribution is 5.87. The number of nitrogens with one attached hydrogen (secondary N) is 1. The van der Waals surface area contributed by atoms with Crippen molar-refractivity contribution in [3.8, 4) is 16.9 Å². The summed E-state index contributed by atoms with van der Waals surface area (Å²) in [4.78, 5) is 13.0. The maximum Gasteiger partial charge on any atom is 0.417 e. The second-order valence-corrected chi connectivity index (χ2v) is 10.5. The molecular formula is C27H28F7NO4. The highest BCUT2D eigenvalue weighted by Crippen LogP contribution is 2.53. The average Bonchev–Trinajstić information content (AvgIpc) is 3.29. The first kappa shape index (κ1) is 29.1. The molecule has 0 bridgehead atoms. The van der Waals surface area contributed by atoms with Gasteiger partial charge in [-0.05, 0) is 68.9 Å². The van der Waals surface area contributed by atoms with Crippen LogP contribution in [0.1, 0.15) is 72.2 Å². The van der Waals surface area contributed by atoms with Gasteiger partial charge in [-0.15, -0.1) is 0 Å². The van der Waals surface area contributed by atoms with Crippen molar-refractivity contribution >= 4 is 5.97 Å². The van der Waals surface area contributed by atoms with Crippen molar-refractivity contribution in [2.75, 3.05) is 13.7 Å². The maximum atomic E-state index is 15.3. The van der Waals surface area contributed by atoms with Gasteiger partial charge in [-0.25, -0.2) is 9.18 Å². The Morgan fingerprint density at radius 2 is 1.59 bits per heavy atom. The molecule has 0 saturated heterocycles. The van der Waals surface area contributed by atoms with Gasteiger partial charge in [-0.3, -0.25) is 0 Å². The zero-order valence-electron chi connectivity index (χ0n) is 22.0. The van der Waals surface area contributed by atoms with Crippen LogP contribution in [0.4, 0.5) is 30.7 Å². The molecule has 214 valence electrons. The molecule has 1 N–H and O–H groups in total. The molecule has 0 amide bonds. The molecule has 2 aromatic carbocycles. The van der Waals surface area contributed by atoms with E-state index in [4.69, 9.17) is 14.2 Å². The van der Waals surface area contributed by atoms with Crippen molar-refractivity contribution < 1.29 is 49.7 Å². The molecule has 0 radical (unpaired) electrons. The highest BCUT2D eigenvalue weighted by Gasteiger charge is 2.50. The van der Waals surface area contributed by atoms with E-state index < -0.39 is 87.9 Å². The molecular weight excluding hydrogens is 535 g/mol. The second kappa shape index (κ2) is 9.96. The van der Waals surface area contributed by atoms with E-state index in [0.29, 0.717) is 6.42 Å². The fourth-order valence-electron chi connectivity index (χ4n) is 5.36. The van der Waals surface area contributed by atoms with Crippen LogP contribution in [0.25, 0.3) is 11.1 Å². The summed E-state index contributed by atoms with van der Waals surface area (Å²) in [7, 11) is 0.898. The van der Waals surface area contributed by atoms with Crippen LogP contribution in [0.5, 0.6) is 5.75 Å². The van der Waals surface area contributed by atoms with Gasteiger partial charge in [0.2, 0.25) is 0 Å². The predicted molar refractivity (Wildman–Crippen MR) is 127 cm³/mol. The Balaban J connectivity index is 2.28. The van der Waals surface area contributed by atoms with Gasteiger partial charge in [0, 0.05) is 29.8 Å². The molecule has 1 atom stereocenters. The normalized spacial score (nSPS) is 16.4. The van der Waals surface area contributed by atoms with Gasteiger partial charge >= 0.3 is 18.3 Å². The Bertz CT molecular complexity index is 1310. The summed E-state index contributed by atoms with van der Waals surface area (Å²) in [6, 6.07) is 0.744. The summed E-state index contributed by atoms with van der Waals surface area (Å²) in [5.74, 6) is -2.48. The lowest BCUT2D eigenvalue weighted by atomic mass is 9.79. The van der Waals surface area contributed by atoms with Gasteiger partial charge in [0.25, 0.3) is 0 Å². The Hall–Kier alpha value is -2.86. The Kier molecular flexibility index (Phi) is 7.44. The van der Waals surface area contributed by atoms with Crippen molar-refractivity contribution in [3.63, 3.8) is 0 Å². The topological polar surface area (TPSA) is 56.8 Å². The molecule has 0 spiro atoms. The average molecular weight is 564 g/mol. The number of methoxy groups -OCH3 is 1. The molecule has 0 unspecified atom stereocenters. The number of carbonyl (C=O) groups excluding carboxylic acids is 1. The molecule has 2 aliphatic heterocycles.